The highest BCUT2D eigenvalue weighted by Crippen LogP contribution is 2.30. The van der Waals surface area contributed by atoms with Gasteiger partial charge in [-0.3, -0.25) is 0 Å². The number of benzene rings is 1. The van der Waals surface area contributed by atoms with E-state index >= 15 is 0 Å². The summed E-state index contributed by atoms with van der Waals surface area (Å²) in [6, 6.07) is 3.18. The molecule has 0 aliphatic carbocycles. The zero-order chi connectivity index (χ0) is 17.1. The van der Waals surface area contributed by atoms with Crippen molar-refractivity contribution in [2.75, 3.05) is 48.7 Å². The van der Waals surface area contributed by atoms with Gasteiger partial charge in [-0.15, -0.1) is 0 Å². The molecule has 24 heavy (non-hydrogen) atoms. The Morgan fingerprint density at radius 1 is 1.17 bits per heavy atom. The van der Waals surface area contributed by atoms with E-state index in [0.717, 1.165) is 50.9 Å². The highest BCUT2D eigenvalue weighted by molar-refractivity contribution is 5.78. The van der Waals surface area contributed by atoms with Crippen LogP contribution < -0.4 is 16.0 Å². The molecule has 3 rings (SSSR count). The van der Waals surface area contributed by atoms with Crippen LogP contribution in [0.25, 0.3) is 0 Å². The first kappa shape index (κ1) is 16.4. The van der Waals surface area contributed by atoms with Gasteiger partial charge in [0.1, 0.15) is 23.6 Å². The summed E-state index contributed by atoms with van der Waals surface area (Å²) < 4.78 is 27.1. The van der Waals surface area contributed by atoms with Crippen molar-refractivity contribution in [3.63, 3.8) is 0 Å². The number of nitrogen functional groups attached to an aromatic ring is 1. The van der Waals surface area contributed by atoms with Crippen LogP contribution in [0.5, 0.6) is 0 Å². The number of hydrogen-bond donors (Lipinski definition) is 2. The SMILES string of the molecule is CCN1CCN(c2ncnc(Nc3cc(F)ccc3F)c2N)CC1. The van der Waals surface area contributed by atoms with Crippen LogP contribution in [-0.4, -0.2) is 47.6 Å². The second-order valence-corrected chi connectivity index (χ2v) is 5.63. The average molecular weight is 334 g/mol. The van der Waals surface area contributed by atoms with Gasteiger partial charge in [-0.05, 0) is 18.7 Å². The number of piperazine rings is 1. The van der Waals surface area contributed by atoms with Crippen LogP contribution in [0, 0.1) is 11.6 Å². The summed E-state index contributed by atoms with van der Waals surface area (Å²) in [5, 5.41) is 2.75. The van der Waals surface area contributed by atoms with Gasteiger partial charge in [0.15, 0.2) is 11.6 Å². The fourth-order valence-electron chi connectivity index (χ4n) is 2.73. The number of halogens is 2. The molecule has 2 aromatic rings. The minimum atomic E-state index is -0.576. The van der Waals surface area contributed by atoms with Gasteiger partial charge < -0.3 is 20.9 Å². The molecule has 0 unspecified atom stereocenters. The average Bonchev–Trinajstić information content (AvgIpc) is 2.60. The molecule has 1 fully saturated rings. The van der Waals surface area contributed by atoms with Gasteiger partial charge >= 0.3 is 0 Å². The summed E-state index contributed by atoms with van der Waals surface area (Å²) in [6.45, 7) is 6.62. The van der Waals surface area contributed by atoms with Crippen molar-refractivity contribution >= 4 is 23.0 Å². The molecule has 0 saturated carbocycles. The van der Waals surface area contributed by atoms with Crippen LogP contribution >= 0.6 is 0 Å². The first-order valence-corrected chi connectivity index (χ1v) is 7.88. The Morgan fingerprint density at radius 3 is 2.62 bits per heavy atom. The van der Waals surface area contributed by atoms with Crippen LogP contribution in [0.1, 0.15) is 6.92 Å². The van der Waals surface area contributed by atoms with E-state index in [-0.39, 0.29) is 11.5 Å². The van der Waals surface area contributed by atoms with Crippen molar-refractivity contribution in [3.8, 4) is 0 Å². The lowest BCUT2D eigenvalue weighted by Crippen LogP contribution is -2.46. The van der Waals surface area contributed by atoms with Crippen molar-refractivity contribution in [1.29, 1.82) is 0 Å². The number of nitrogens with two attached hydrogens (primary N) is 1. The summed E-state index contributed by atoms with van der Waals surface area (Å²) in [6.07, 6.45) is 1.37. The lowest BCUT2D eigenvalue weighted by Gasteiger charge is -2.35. The maximum atomic E-state index is 13.8. The van der Waals surface area contributed by atoms with Crippen molar-refractivity contribution in [2.24, 2.45) is 0 Å². The lowest BCUT2D eigenvalue weighted by atomic mass is 10.2. The standard InChI is InChI=1S/C16H20F2N6/c1-2-23-5-7-24(8-6-23)16-14(19)15(20-10-21-16)22-13-9-11(17)3-4-12(13)18/h3-4,9-10H,2,5-8,19H2,1H3,(H,20,21,22). The van der Waals surface area contributed by atoms with Crippen LogP contribution in [0.4, 0.5) is 31.8 Å². The Bertz CT molecular complexity index is 716. The van der Waals surface area contributed by atoms with E-state index < -0.39 is 11.6 Å². The van der Waals surface area contributed by atoms with E-state index in [4.69, 9.17) is 5.73 Å². The topological polar surface area (TPSA) is 70.3 Å². The summed E-state index contributed by atoms with van der Waals surface area (Å²) in [5.74, 6) is -0.238. The zero-order valence-electron chi connectivity index (χ0n) is 13.5. The van der Waals surface area contributed by atoms with Gasteiger partial charge in [-0.2, -0.15) is 0 Å². The number of likely N-dealkylation sites (N-methyl/N-ethyl adjacent to an activating group) is 1. The number of nitrogens with zero attached hydrogens (tertiary/aromatic N) is 4. The molecule has 6 nitrogen and oxygen atoms in total. The smallest absolute Gasteiger partial charge is 0.159 e. The minimum absolute atomic E-state index is 0.0119. The van der Waals surface area contributed by atoms with Gasteiger partial charge in [0, 0.05) is 32.2 Å². The fraction of sp³-hybridized carbons (Fsp3) is 0.375. The van der Waals surface area contributed by atoms with Crippen LogP contribution in [-0.2, 0) is 0 Å². The van der Waals surface area contributed by atoms with E-state index in [1.807, 2.05) is 0 Å². The van der Waals surface area contributed by atoms with Gasteiger partial charge in [-0.25, -0.2) is 18.7 Å². The summed E-state index contributed by atoms with van der Waals surface area (Å²) >= 11 is 0. The van der Waals surface area contributed by atoms with Gasteiger partial charge in [0.2, 0.25) is 0 Å². The molecule has 1 aromatic heterocycles. The third-order valence-electron chi connectivity index (χ3n) is 4.16. The maximum absolute atomic E-state index is 13.8. The highest BCUT2D eigenvalue weighted by atomic mass is 19.1. The summed E-state index contributed by atoms with van der Waals surface area (Å²) in [5.41, 5.74) is 6.47. The van der Waals surface area contributed by atoms with Crippen molar-refractivity contribution in [1.82, 2.24) is 14.9 Å². The normalized spacial score (nSPS) is 15.5. The lowest BCUT2D eigenvalue weighted by molar-refractivity contribution is 0.270. The molecule has 0 atom stereocenters. The third kappa shape index (κ3) is 3.38. The molecule has 0 radical (unpaired) electrons. The number of aromatic nitrogens is 2. The Labute approximate surface area is 139 Å². The molecule has 128 valence electrons. The highest BCUT2D eigenvalue weighted by Gasteiger charge is 2.20. The van der Waals surface area contributed by atoms with Gasteiger partial charge in [-0.1, -0.05) is 6.92 Å². The molecule has 3 N–H and O–H groups in total. The Hall–Kier alpha value is -2.48. The van der Waals surface area contributed by atoms with E-state index in [0.29, 0.717) is 11.5 Å². The fourth-order valence-corrected chi connectivity index (χ4v) is 2.73. The quantitative estimate of drug-likeness (QED) is 0.893. The Kier molecular flexibility index (Phi) is 4.75. The number of rotatable bonds is 4. The van der Waals surface area contributed by atoms with Gasteiger partial charge in [0.05, 0.1) is 5.69 Å². The third-order valence-corrected chi connectivity index (χ3v) is 4.16. The molecule has 8 heteroatoms. The van der Waals surface area contributed by atoms with Crippen molar-refractivity contribution < 1.29 is 8.78 Å². The predicted octanol–water partition coefficient (Wildman–Crippen LogP) is 2.22. The molecule has 1 aliphatic rings. The second-order valence-electron chi connectivity index (χ2n) is 5.63. The first-order valence-electron chi connectivity index (χ1n) is 7.88. The van der Waals surface area contributed by atoms with E-state index in [1.54, 1.807) is 0 Å². The number of hydrogen-bond acceptors (Lipinski definition) is 6. The van der Waals surface area contributed by atoms with Crippen LogP contribution in [0.15, 0.2) is 24.5 Å². The molecule has 2 heterocycles. The van der Waals surface area contributed by atoms with E-state index in [1.165, 1.54) is 6.33 Å². The number of nitrogens with one attached hydrogen (secondary N) is 1. The maximum Gasteiger partial charge on any atom is 0.159 e. The molecule has 1 aromatic carbocycles. The van der Waals surface area contributed by atoms with E-state index in [2.05, 4.69) is 32.0 Å². The van der Waals surface area contributed by atoms with E-state index in [9.17, 15) is 8.78 Å². The largest absolute Gasteiger partial charge is 0.393 e. The molecular weight excluding hydrogens is 314 g/mol. The first-order chi connectivity index (χ1) is 11.6. The predicted molar refractivity (Wildman–Crippen MR) is 90.4 cm³/mol. The Morgan fingerprint density at radius 2 is 1.92 bits per heavy atom. The second kappa shape index (κ2) is 6.96. The van der Waals surface area contributed by atoms with Crippen molar-refractivity contribution in [2.45, 2.75) is 6.92 Å². The Balaban J connectivity index is 1.82. The molecule has 1 saturated heterocycles. The molecule has 1 aliphatic heterocycles. The van der Waals surface area contributed by atoms with Crippen LogP contribution in [0.2, 0.25) is 0 Å². The number of anilines is 4. The minimum Gasteiger partial charge on any atom is -0.393 e. The van der Waals surface area contributed by atoms with Crippen molar-refractivity contribution in [3.05, 3.63) is 36.2 Å². The van der Waals surface area contributed by atoms with Gasteiger partial charge in [0.25, 0.3) is 0 Å². The molecule has 0 spiro atoms. The zero-order valence-corrected chi connectivity index (χ0v) is 13.5. The summed E-state index contributed by atoms with van der Waals surface area (Å²) in [4.78, 5) is 12.7. The monoisotopic (exact) mass is 334 g/mol. The summed E-state index contributed by atoms with van der Waals surface area (Å²) in [7, 11) is 0. The van der Waals surface area contributed by atoms with Crippen LogP contribution in [0.3, 0.4) is 0 Å². The molecule has 0 bridgehead atoms. The molecular formula is C16H20F2N6. The molecule has 0 amide bonds.